The largest absolute Gasteiger partial charge is 0.375 e. The van der Waals surface area contributed by atoms with Gasteiger partial charge in [0.15, 0.2) is 5.13 Å². The quantitative estimate of drug-likeness (QED) is 0.739. The summed E-state index contributed by atoms with van der Waals surface area (Å²) in [6.45, 7) is 0. The lowest BCUT2D eigenvalue weighted by Crippen LogP contribution is -1.97. The minimum absolute atomic E-state index is 0.342. The number of nitrogens with two attached hydrogens (primary N) is 1. The van der Waals surface area contributed by atoms with Gasteiger partial charge in [0, 0.05) is 27.4 Å². The molecule has 1 aromatic carbocycles. The Kier molecular flexibility index (Phi) is 2.69. The van der Waals surface area contributed by atoms with Crippen molar-refractivity contribution in [1.82, 2.24) is 9.97 Å². The zero-order valence-electron chi connectivity index (χ0n) is 10.6. The van der Waals surface area contributed by atoms with Gasteiger partial charge in [0.1, 0.15) is 0 Å². The molecule has 0 radical (unpaired) electrons. The third-order valence-corrected chi connectivity index (χ3v) is 5.22. The van der Waals surface area contributed by atoms with Crippen LogP contribution in [0.3, 0.4) is 0 Å². The lowest BCUT2D eigenvalue weighted by Gasteiger charge is -2.13. The fourth-order valence-electron chi connectivity index (χ4n) is 2.98. The summed E-state index contributed by atoms with van der Waals surface area (Å²) in [5.74, 6) is 0.342. The van der Waals surface area contributed by atoms with Crippen LogP contribution >= 0.6 is 22.9 Å². The first-order valence-electron chi connectivity index (χ1n) is 6.52. The van der Waals surface area contributed by atoms with Crippen molar-refractivity contribution in [2.24, 2.45) is 0 Å². The minimum atomic E-state index is 0.342. The summed E-state index contributed by atoms with van der Waals surface area (Å²) in [4.78, 5) is 10.2. The van der Waals surface area contributed by atoms with Crippen LogP contribution < -0.4 is 5.73 Å². The number of fused-ring (bicyclic) bond motifs is 2. The van der Waals surface area contributed by atoms with E-state index in [4.69, 9.17) is 17.3 Å². The van der Waals surface area contributed by atoms with Crippen molar-refractivity contribution in [1.29, 1.82) is 0 Å². The van der Waals surface area contributed by atoms with Crippen molar-refractivity contribution in [3.05, 3.63) is 51.6 Å². The van der Waals surface area contributed by atoms with E-state index in [0.717, 1.165) is 34.5 Å². The summed E-state index contributed by atoms with van der Waals surface area (Å²) in [6, 6.07) is 7.99. The second-order valence-electron chi connectivity index (χ2n) is 4.99. The molecular weight excluding hydrogens is 290 g/mol. The highest BCUT2D eigenvalue weighted by Gasteiger charge is 2.29. The Morgan fingerprint density at radius 2 is 2.20 bits per heavy atom. The zero-order valence-corrected chi connectivity index (χ0v) is 12.2. The van der Waals surface area contributed by atoms with Gasteiger partial charge in [0.25, 0.3) is 0 Å². The molecule has 0 bridgehead atoms. The number of rotatable bonds is 1. The predicted octanol–water partition coefficient (Wildman–Crippen LogP) is 4.01. The number of hydrogen-bond donors (Lipinski definition) is 1. The summed E-state index contributed by atoms with van der Waals surface area (Å²) >= 11 is 7.87. The second kappa shape index (κ2) is 4.43. The van der Waals surface area contributed by atoms with Gasteiger partial charge in [-0.05, 0) is 36.6 Å². The van der Waals surface area contributed by atoms with E-state index in [-0.39, 0.29) is 0 Å². The van der Waals surface area contributed by atoms with E-state index in [9.17, 15) is 0 Å². The highest BCUT2D eigenvalue weighted by molar-refractivity contribution is 7.15. The Balaban J connectivity index is 1.94. The summed E-state index contributed by atoms with van der Waals surface area (Å²) in [7, 11) is 0. The molecule has 5 heteroatoms. The Labute approximate surface area is 125 Å². The standard InChI is InChI=1S/C15H12ClN3S/c16-11-5-3-8(13-10(11)2-1-7-18-13)9-4-6-12-14(9)20-15(17)19-12/h1-3,5,7,9H,4,6H2,(H2,17,19). The Morgan fingerprint density at radius 3 is 3.10 bits per heavy atom. The lowest BCUT2D eigenvalue weighted by molar-refractivity contribution is 0.794. The lowest BCUT2D eigenvalue weighted by atomic mass is 9.95. The fourth-order valence-corrected chi connectivity index (χ4v) is 4.23. The topological polar surface area (TPSA) is 51.8 Å². The molecule has 3 aromatic rings. The van der Waals surface area contributed by atoms with Crippen molar-refractivity contribution in [2.45, 2.75) is 18.8 Å². The molecule has 0 amide bonds. The molecule has 1 unspecified atom stereocenters. The second-order valence-corrected chi connectivity index (χ2v) is 6.46. The van der Waals surface area contributed by atoms with E-state index in [1.807, 2.05) is 24.4 Å². The first-order valence-corrected chi connectivity index (χ1v) is 7.71. The maximum absolute atomic E-state index is 6.27. The van der Waals surface area contributed by atoms with Gasteiger partial charge in [-0.1, -0.05) is 17.7 Å². The molecule has 0 saturated carbocycles. The number of halogens is 1. The predicted molar refractivity (Wildman–Crippen MR) is 83.4 cm³/mol. The molecule has 2 N–H and O–H groups in total. The van der Waals surface area contributed by atoms with Gasteiger partial charge in [-0.15, -0.1) is 11.3 Å². The van der Waals surface area contributed by atoms with Crippen molar-refractivity contribution in [2.75, 3.05) is 5.73 Å². The molecule has 0 saturated heterocycles. The average molecular weight is 302 g/mol. The van der Waals surface area contributed by atoms with Crippen LogP contribution in [0.4, 0.5) is 5.13 Å². The van der Waals surface area contributed by atoms with Crippen LogP contribution in [-0.4, -0.2) is 9.97 Å². The molecule has 1 aliphatic rings. The molecule has 0 fully saturated rings. The summed E-state index contributed by atoms with van der Waals surface area (Å²) in [6.07, 6.45) is 3.88. The molecular formula is C15H12ClN3S. The highest BCUT2D eigenvalue weighted by Crippen LogP contribution is 2.44. The number of pyridine rings is 1. The van der Waals surface area contributed by atoms with Crippen LogP contribution in [0.5, 0.6) is 0 Å². The number of thiazole rings is 1. The van der Waals surface area contributed by atoms with Crippen molar-refractivity contribution < 1.29 is 0 Å². The molecule has 20 heavy (non-hydrogen) atoms. The van der Waals surface area contributed by atoms with E-state index in [1.54, 1.807) is 11.3 Å². The van der Waals surface area contributed by atoms with Gasteiger partial charge in [0.2, 0.25) is 0 Å². The third kappa shape index (κ3) is 1.72. The van der Waals surface area contributed by atoms with Gasteiger partial charge in [-0.3, -0.25) is 4.98 Å². The van der Waals surface area contributed by atoms with Crippen LogP contribution in [0.25, 0.3) is 10.9 Å². The zero-order chi connectivity index (χ0) is 13.7. The first-order chi connectivity index (χ1) is 9.74. The maximum atomic E-state index is 6.27. The molecule has 4 rings (SSSR count). The molecule has 100 valence electrons. The van der Waals surface area contributed by atoms with Crippen LogP contribution in [0.1, 0.15) is 28.5 Å². The van der Waals surface area contributed by atoms with Gasteiger partial charge < -0.3 is 5.73 Å². The SMILES string of the molecule is Nc1nc2c(s1)C(c1ccc(Cl)c3cccnc13)CC2. The van der Waals surface area contributed by atoms with E-state index >= 15 is 0 Å². The third-order valence-electron chi connectivity index (χ3n) is 3.85. The summed E-state index contributed by atoms with van der Waals surface area (Å²) in [5, 5.41) is 2.42. The number of hydrogen-bond acceptors (Lipinski definition) is 4. The normalized spacial score (nSPS) is 17.6. The Morgan fingerprint density at radius 1 is 1.30 bits per heavy atom. The maximum Gasteiger partial charge on any atom is 0.180 e. The number of anilines is 1. The number of benzene rings is 1. The first kappa shape index (κ1) is 12.1. The van der Waals surface area contributed by atoms with Crippen LogP contribution in [0, 0.1) is 0 Å². The van der Waals surface area contributed by atoms with Gasteiger partial charge in [0.05, 0.1) is 11.2 Å². The number of nitrogen functional groups attached to an aromatic ring is 1. The van der Waals surface area contributed by atoms with Crippen LogP contribution in [0.2, 0.25) is 5.02 Å². The van der Waals surface area contributed by atoms with Crippen molar-refractivity contribution >= 4 is 39.0 Å². The summed E-state index contributed by atoms with van der Waals surface area (Å²) < 4.78 is 0. The van der Waals surface area contributed by atoms with Gasteiger partial charge >= 0.3 is 0 Å². The Bertz CT molecular complexity index is 812. The van der Waals surface area contributed by atoms with Crippen LogP contribution in [-0.2, 0) is 6.42 Å². The molecule has 1 atom stereocenters. The number of aryl methyl sites for hydroxylation is 1. The van der Waals surface area contributed by atoms with E-state index in [2.05, 4.69) is 16.0 Å². The highest BCUT2D eigenvalue weighted by atomic mass is 35.5. The van der Waals surface area contributed by atoms with E-state index in [0.29, 0.717) is 11.0 Å². The Hall–Kier alpha value is -1.65. The van der Waals surface area contributed by atoms with Crippen molar-refractivity contribution in [3.8, 4) is 0 Å². The minimum Gasteiger partial charge on any atom is -0.375 e. The summed E-state index contributed by atoms with van der Waals surface area (Å²) in [5.41, 5.74) is 9.21. The molecule has 0 aliphatic heterocycles. The molecule has 2 heterocycles. The molecule has 1 aliphatic carbocycles. The fraction of sp³-hybridized carbons (Fsp3) is 0.200. The number of nitrogens with zero attached hydrogens (tertiary/aromatic N) is 2. The van der Waals surface area contributed by atoms with Crippen LogP contribution in [0.15, 0.2) is 30.5 Å². The molecule has 3 nitrogen and oxygen atoms in total. The molecule has 0 spiro atoms. The van der Waals surface area contributed by atoms with E-state index < -0.39 is 0 Å². The number of aromatic nitrogens is 2. The monoisotopic (exact) mass is 301 g/mol. The van der Waals surface area contributed by atoms with Gasteiger partial charge in [-0.25, -0.2) is 4.98 Å². The molecule has 2 aromatic heterocycles. The van der Waals surface area contributed by atoms with E-state index in [1.165, 1.54) is 10.4 Å². The average Bonchev–Trinajstić information content (AvgIpc) is 2.99. The smallest absolute Gasteiger partial charge is 0.180 e. The van der Waals surface area contributed by atoms with Crippen molar-refractivity contribution in [3.63, 3.8) is 0 Å². The van der Waals surface area contributed by atoms with Gasteiger partial charge in [-0.2, -0.15) is 0 Å².